The molecule has 0 fully saturated rings. The highest BCUT2D eigenvalue weighted by Gasteiger charge is 2.11. The Balaban J connectivity index is 2.92. The topological polar surface area (TPSA) is 75.5 Å². The van der Waals surface area contributed by atoms with Crippen molar-refractivity contribution in [3.63, 3.8) is 0 Å². The lowest BCUT2D eigenvalue weighted by atomic mass is 10.4. The van der Waals surface area contributed by atoms with Gasteiger partial charge >= 0.3 is 5.97 Å². The second-order valence-corrected chi connectivity index (χ2v) is 4.06. The van der Waals surface area contributed by atoms with Gasteiger partial charge in [-0.1, -0.05) is 0 Å². The van der Waals surface area contributed by atoms with Crippen LogP contribution in [0.5, 0.6) is 5.88 Å². The number of aliphatic carboxylic acids is 1. The quantitative estimate of drug-likeness (QED) is 0.829. The van der Waals surface area contributed by atoms with Crippen LogP contribution >= 0.6 is 0 Å². The monoisotopic (exact) mass is 239 g/mol. The first-order valence-electron chi connectivity index (χ1n) is 5.33. The number of ether oxygens (including phenoxy) is 1. The van der Waals surface area contributed by atoms with Gasteiger partial charge in [0.2, 0.25) is 11.8 Å². The molecule has 0 saturated heterocycles. The summed E-state index contributed by atoms with van der Waals surface area (Å²) in [6.45, 7) is 5.47. The lowest BCUT2D eigenvalue weighted by Crippen LogP contribution is -2.27. The molecule has 0 aliphatic carbocycles. The molecule has 0 amide bonds. The van der Waals surface area contributed by atoms with Gasteiger partial charge in [-0.2, -0.15) is 4.98 Å². The van der Waals surface area contributed by atoms with Crippen molar-refractivity contribution in [3.05, 3.63) is 11.8 Å². The number of rotatable bonds is 5. The highest BCUT2D eigenvalue weighted by atomic mass is 16.5. The van der Waals surface area contributed by atoms with Gasteiger partial charge in [0, 0.05) is 18.8 Å². The molecule has 1 heterocycles. The summed E-state index contributed by atoms with van der Waals surface area (Å²) in [5.41, 5.74) is 0.739. The minimum atomic E-state index is -0.927. The molecule has 0 aliphatic heterocycles. The third-order valence-corrected chi connectivity index (χ3v) is 1.89. The average Bonchev–Trinajstić information content (AvgIpc) is 2.14. The molecule has 17 heavy (non-hydrogen) atoms. The van der Waals surface area contributed by atoms with Crippen molar-refractivity contribution in [2.75, 3.05) is 18.5 Å². The van der Waals surface area contributed by atoms with Crippen molar-refractivity contribution in [2.45, 2.75) is 26.9 Å². The Morgan fingerprint density at radius 3 is 2.71 bits per heavy atom. The van der Waals surface area contributed by atoms with Crippen LogP contribution in [0, 0.1) is 6.92 Å². The van der Waals surface area contributed by atoms with Gasteiger partial charge < -0.3 is 14.7 Å². The van der Waals surface area contributed by atoms with E-state index in [2.05, 4.69) is 9.97 Å². The van der Waals surface area contributed by atoms with Crippen LogP contribution in [0.3, 0.4) is 0 Å². The normalized spacial score (nSPS) is 10.4. The number of hydrogen-bond acceptors (Lipinski definition) is 5. The second-order valence-electron chi connectivity index (χ2n) is 4.06. The number of carbonyl (C=O) groups is 1. The van der Waals surface area contributed by atoms with Gasteiger partial charge in [0.05, 0.1) is 6.10 Å². The van der Waals surface area contributed by atoms with Gasteiger partial charge in [-0.15, -0.1) is 0 Å². The van der Waals surface area contributed by atoms with E-state index in [9.17, 15) is 4.79 Å². The third-order valence-electron chi connectivity index (χ3n) is 1.89. The summed E-state index contributed by atoms with van der Waals surface area (Å²) in [5.74, 6) is -0.119. The molecule has 0 atom stereocenters. The molecule has 1 N–H and O–H groups in total. The molecule has 0 aromatic carbocycles. The second kappa shape index (κ2) is 5.47. The molecule has 6 heteroatoms. The van der Waals surface area contributed by atoms with E-state index >= 15 is 0 Å². The predicted molar refractivity (Wildman–Crippen MR) is 63.4 cm³/mol. The molecule has 6 nitrogen and oxygen atoms in total. The molecule has 0 aliphatic rings. The van der Waals surface area contributed by atoms with Crippen LogP contribution in [0.2, 0.25) is 0 Å². The lowest BCUT2D eigenvalue weighted by Gasteiger charge is -2.16. The van der Waals surface area contributed by atoms with Crippen molar-refractivity contribution in [2.24, 2.45) is 0 Å². The van der Waals surface area contributed by atoms with E-state index in [0.29, 0.717) is 11.8 Å². The first kappa shape index (κ1) is 13.2. The van der Waals surface area contributed by atoms with E-state index in [0.717, 1.165) is 5.69 Å². The van der Waals surface area contributed by atoms with E-state index in [4.69, 9.17) is 9.84 Å². The van der Waals surface area contributed by atoms with Gasteiger partial charge in [-0.05, 0) is 20.8 Å². The molecule has 1 rings (SSSR count). The zero-order valence-corrected chi connectivity index (χ0v) is 10.5. The molecule has 1 aromatic rings. The van der Waals surface area contributed by atoms with E-state index in [1.54, 1.807) is 13.1 Å². The fraction of sp³-hybridized carbons (Fsp3) is 0.545. The molecule has 0 spiro atoms. The molecular weight excluding hydrogens is 222 g/mol. The number of aryl methyl sites for hydroxylation is 1. The van der Waals surface area contributed by atoms with E-state index in [1.165, 1.54) is 4.90 Å². The fourth-order valence-electron chi connectivity index (χ4n) is 1.27. The SMILES string of the molecule is Cc1cc(OC(C)C)nc(N(C)CC(=O)O)n1. The number of carboxylic acid groups (broad SMARTS) is 1. The molecular formula is C11H17N3O3. The first-order valence-corrected chi connectivity index (χ1v) is 5.33. The van der Waals surface area contributed by atoms with Gasteiger partial charge in [0.25, 0.3) is 0 Å². The number of likely N-dealkylation sites (N-methyl/N-ethyl adjacent to an activating group) is 1. The van der Waals surface area contributed by atoms with Gasteiger partial charge in [-0.3, -0.25) is 4.79 Å². The Labute approximate surface area is 100 Å². The van der Waals surface area contributed by atoms with Crippen LogP contribution in [-0.2, 0) is 4.79 Å². The zero-order valence-electron chi connectivity index (χ0n) is 10.5. The summed E-state index contributed by atoms with van der Waals surface area (Å²) in [6.07, 6.45) is 0.0157. The Morgan fingerprint density at radius 2 is 2.18 bits per heavy atom. The maximum absolute atomic E-state index is 10.6. The Kier molecular flexibility index (Phi) is 4.25. The van der Waals surface area contributed by atoms with Crippen LogP contribution in [0.4, 0.5) is 5.95 Å². The minimum Gasteiger partial charge on any atom is -0.480 e. The van der Waals surface area contributed by atoms with Crippen molar-refractivity contribution in [1.82, 2.24) is 9.97 Å². The summed E-state index contributed by atoms with van der Waals surface area (Å²) in [6, 6.07) is 1.72. The standard InChI is InChI=1S/C11H17N3O3/c1-7(2)17-9-5-8(3)12-11(13-9)14(4)6-10(15)16/h5,7H,6H2,1-4H3,(H,15,16). The van der Waals surface area contributed by atoms with Crippen molar-refractivity contribution < 1.29 is 14.6 Å². The fourth-order valence-corrected chi connectivity index (χ4v) is 1.27. The molecule has 0 saturated carbocycles. The highest BCUT2D eigenvalue weighted by Crippen LogP contribution is 2.15. The molecule has 94 valence electrons. The number of aromatic nitrogens is 2. The third kappa shape index (κ3) is 4.26. The van der Waals surface area contributed by atoms with Crippen LogP contribution in [0.25, 0.3) is 0 Å². The highest BCUT2D eigenvalue weighted by molar-refractivity contribution is 5.72. The Morgan fingerprint density at radius 1 is 1.53 bits per heavy atom. The largest absolute Gasteiger partial charge is 0.480 e. The van der Waals surface area contributed by atoms with Crippen LogP contribution in [0.1, 0.15) is 19.5 Å². The zero-order chi connectivity index (χ0) is 13.0. The average molecular weight is 239 g/mol. The summed E-state index contributed by atoms with van der Waals surface area (Å²) in [5, 5.41) is 8.70. The summed E-state index contributed by atoms with van der Waals surface area (Å²) in [4.78, 5) is 20.4. The van der Waals surface area contributed by atoms with Gasteiger partial charge in [0.1, 0.15) is 6.54 Å². The first-order chi connectivity index (χ1) is 7.88. The van der Waals surface area contributed by atoms with E-state index < -0.39 is 5.97 Å². The molecule has 0 radical (unpaired) electrons. The number of nitrogens with zero attached hydrogens (tertiary/aromatic N) is 3. The Hall–Kier alpha value is -1.85. The van der Waals surface area contributed by atoms with Crippen LogP contribution in [-0.4, -0.2) is 40.7 Å². The minimum absolute atomic E-state index is 0.0157. The smallest absolute Gasteiger partial charge is 0.323 e. The maximum Gasteiger partial charge on any atom is 0.323 e. The van der Waals surface area contributed by atoms with E-state index in [-0.39, 0.29) is 12.6 Å². The maximum atomic E-state index is 10.6. The molecule has 0 unspecified atom stereocenters. The van der Waals surface area contributed by atoms with E-state index in [1.807, 2.05) is 20.8 Å². The predicted octanol–water partition coefficient (Wildman–Crippen LogP) is 1.09. The summed E-state index contributed by atoms with van der Waals surface area (Å²) < 4.78 is 5.47. The summed E-state index contributed by atoms with van der Waals surface area (Å²) >= 11 is 0. The molecule has 1 aromatic heterocycles. The van der Waals surface area contributed by atoms with Crippen LogP contribution in [0.15, 0.2) is 6.07 Å². The summed E-state index contributed by atoms with van der Waals surface area (Å²) in [7, 11) is 1.63. The van der Waals surface area contributed by atoms with Gasteiger partial charge in [0.15, 0.2) is 0 Å². The van der Waals surface area contributed by atoms with Crippen molar-refractivity contribution >= 4 is 11.9 Å². The number of carboxylic acids is 1. The van der Waals surface area contributed by atoms with Crippen molar-refractivity contribution in [3.8, 4) is 5.88 Å². The lowest BCUT2D eigenvalue weighted by molar-refractivity contribution is -0.135. The van der Waals surface area contributed by atoms with Gasteiger partial charge in [-0.25, -0.2) is 4.98 Å². The van der Waals surface area contributed by atoms with Crippen molar-refractivity contribution in [1.29, 1.82) is 0 Å². The number of anilines is 1. The van der Waals surface area contributed by atoms with Crippen LogP contribution < -0.4 is 9.64 Å². The number of hydrogen-bond donors (Lipinski definition) is 1. The molecule has 0 bridgehead atoms. The Bertz CT molecular complexity index is 407.